The number of hydrogen-bond donors (Lipinski definition) is 1. The molecule has 16 heavy (non-hydrogen) atoms. The fourth-order valence-electron chi connectivity index (χ4n) is 1.37. The van der Waals surface area contributed by atoms with Crippen molar-refractivity contribution in [1.82, 2.24) is 0 Å². The van der Waals surface area contributed by atoms with E-state index in [1.54, 1.807) is 0 Å². The topological polar surface area (TPSA) is 53.9 Å². The second-order valence-corrected chi connectivity index (χ2v) is 4.92. The molecule has 0 aliphatic rings. The molecule has 1 unspecified atom stereocenters. The Balaban J connectivity index is 2.53. The van der Waals surface area contributed by atoms with Crippen LogP contribution in [0.25, 0.3) is 0 Å². The van der Waals surface area contributed by atoms with Crippen LogP contribution < -0.4 is 5.73 Å². The lowest BCUT2D eigenvalue weighted by Gasteiger charge is -2.20. The zero-order chi connectivity index (χ0) is 12.2. The minimum absolute atomic E-state index is 0.239. The Hall–Kier alpha value is -1.35. The number of carbonyl (C=O) groups excluding carboxylic acids is 1. The van der Waals surface area contributed by atoms with Gasteiger partial charge in [-0.25, -0.2) is 4.79 Å². The molecule has 0 amide bonds. The average Bonchev–Trinajstić information content (AvgIpc) is 2.16. The SMILES string of the molecule is CC(C)(C)OC(=O)C([NH3+])Cc1ccccc1. The van der Waals surface area contributed by atoms with Gasteiger partial charge in [0.15, 0.2) is 6.04 Å². The first-order chi connectivity index (χ1) is 7.38. The number of carbonyl (C=O) groups is 1. The van der Waals surface area contributed by atoms with E-state index in [0.29, 0.717) is 6.42 Å². The molecule has 0 aliphatic carbocycles. The molecule has 0 radical (unpaired) electrons. The van der Waals surface area contributed by atoms with Crippen LogP contribution in [0, 0.1) is 0 Å². The molecular formula is C13H20NO2+. The van der Waals surface area contributed by atoms with E-state index in [2.05, 4.69) is 5.73 Å². The Morgan fingerprint density at radius 1 is 1.31 bits per heavy atom. The molecule has 1 rings (SSSR count). The Bertz CT molecular complexity index is 341. The molecule has 0 aliphatic heterocycles. The summed E-state index contributed by atoms with van der Waals surface area (Å²) >= 11 is 0. The lowest BCUT2D eigenvalue weighted by atomic mass is 10.1. The minimum atomic E-state index is -0.441. The molecule has 1 atom stereocenters. The van der Waals surface area contributed by atoms with E-state index in [-0.39, 0.29) is 12.0 Å². The highest BCUT2D eigenvalue weighted by molar-refractivity contribution is 5.74. The van der Waals surface area contributed by atoms with E-state index in [4.69, 9.17) is 4.74 Å². The first kappa shape index (κ1) is 12.7. The highest BCUT2D eigenvalue weighted by Crippen LogP contribution is 2.09. The van der Waals surface area contributed by atoms with Gasteiger partial charge in [-0.2, -0.15) is 0 Å². The Kier molecular flexibility index (Phi) is 4.07. The molecular weight excluding hydrogens is 202 g/mol. The number of benzene rings is 1. The summed E-state index contributed by atoms with van der Waals surface area (Å²) in [5.74, 6) is -0.239. The first-order valence-corrected chi connectivity index (χ1v) is 5.48. The molecule has 0 heterocycles. The number of quaternary nitrogens is 1. The van der Waals surface area contributed by atoms with Crippen LogP contribution in [0.15, 0.2) is 30.3 Å². The van der Waals surface area contributed by atoms with Gasteiger partial charge in [0.05, 0.1) is 0 Å². The van der Waals surface area contributed by atoms with Crippen molar-refractivity contribution in [2.45, 2.75) is 38.8 Å². The standard InChI is InChI=1S/C13H19NO2/c1-13(2,3)16-12(15)11(14)9-10-7-5-4-6-8-10/h4-8,11H,9,14H2,1-3H3/p+1. The van der Waals surface area contributed by atoms with E-state index in [1.807, 2.05) is 51.1 Å². The molecule has 3 N–H and O–H groups in total. The zero-order valence-electron chi connectivity index (χ0n) is 10.2. The normalized spacial score (nSPS) is 13.2. The molecule has 88 valence electrons. The van der Waals surface area contributed by atoms with E-state index in [1.165, 1.54) is 0 Å². The van der Waals surface area contributed by atoms with Gasteiger partial charge in [0.1, 0.15) is 5.60 Å². The maximum absolute atomic E-state index is 11.7. The van der Waals surface area contributed by atoms with E-state index in [9.17, 15) is 4.79 Å². The summed E-state index contributed by atoms with van der Waals surface area (Å²) in [7, 11) is 0. The van der Waals surface area contributed by atoms with Crippen LogP contribution in [0.3, 0.4) is 0 Å². The van der Waals surface area contributed by atoms with Crippen LogP contribution in [0.4, 0.5) is 0 Å². The predicted octanol–water partition coefficient (Wildman–Crippen LogP) is 1.18. The van der Waals surface area contributed by atoms with E-state index in [0.717, 1.165) is 5.56 Å². The van der Waals surface area contributed by atoms with Crippen LogP contribution in [-0.2, 0) is 16.0 Å². The van der Waals surface area contributed by atoms with Gasteiger partial charge in [0, 0.05) is 6.42 Å². The van der Waals surface area contributed by atoms with Crippen molar-refractivity contribution in [2.75, 3.05) is 0 Å². The Labute approximate surface area is 96.6 Å². The molecule has 3 nitrogen and oxygen atoms in total. The lowest BCUT2D eigenvalue weighted by molar-refractivity contribution is -0.409. The van der Waals surface area contributed by atoms with Crippen molar-refractivity contribution < 1.29 is 15.3 Å². The van der Waals surface area contributed by atoms with Crippen molar-refractivity contribution in [3.05, 3.63) is 35.9 Å². The number of hydrogen-bond acceptors (Lipinski definition) is 2. The molecule has 0 bridgehead atoms. The van der Waals surface area contributed by atoms with Gasteiger partial charge in [-0.3, -0.25) is 0 Å². The predicted molar refractivity (Wildman–Crippen MR) is 62.7 cm³/mol. The van der Waals surface area contributed by atoms with Gasteiger partial charge in [-0.05, 0) is 26.3 Å². The smallest absolute Gasteiger partial charge is 0.365 e. The lowest BCUT2D eigenvalue weighted by Crippen LogP contribution is -2.66. The fourth-order valence-corrected chi connectivity index (χ4v) is 1.37. The summed E-state index contributed by atoms with van der Waals surface area (Å²) in [5.41, 5.74) is 4.51. The third-order valence-corrected chi connectivity index (χ3v) is 2.07. The van der Waals surface area contributed by atoms with Crippen LogP contribution >= 0.6 is 0 Å². The van der Waals surface area contributed by atoms with Crippen LogP contribution in [0.2, 0.25) is 0 Å². The average molecular weight is 222 g/mol. The maximum Gasteiger partial charge on any atom is 0.365 e. The third-order valence-electron chi connectivity index (χ3n) is 2.07. The zero-order valence-corrected chi connectivity index (χ0v) is 10.2. The first-order valence-electron chi connectivity index (χ1n) is 5.48. The highest BCUT2D eigenvalue weighted by atomic mass is 16.6. The van der Waals surface area contributed by atoms with E-state index >= 15 is 0 Å². The van der Waals surface area contributed by atoms with Crippen molar-refractivity contribution >= 4 is 5.97 Å². The van der Waals surface area contributed by atoms with Gasteiger partial charge < -0.3 is 10.5 Å². The molecule has 1 aromatic rings. The van der Waals surface area contributed by atoms with Gasteiger partial charge in [-0.15, -0.1) is 0 Å². The fraction of sp³-hybridized carbons (Fsp3) is 0.462. The monoisotopic (exact) mass is 222 g/mol. The summed E-state index contributed by atoms with van der Waals surface area (Å²) in [6, 6.07) is 9.50. The Morgan fingerprint density at radius 3 is 2.38 bits per heavy atom. The maximum atomic E-state index is 11.7. The molecule has 0 saturated heterocycles. The summed E-state index contributed by atoms with van der Waals surface area (Å²) in [4.78, 5) is 11.7. The molecule has 0 aromatic heterocycles. The summed E-state index contributed by atoms with van der Waals surface area (Å²) in [6.45, 7) is 5.58. The molecule has 1 aromatic carbocycles. The highest BCUT2D eigenvalue weighted by Gasteiger charge is 2.24. The van der Waals surface area contributed by atoms with Crippen molar-refractivity contribution in [3.63, 3.8) is 0 Å². The van der Waals surface area contributed by atoms with Crippen LogP contribution in [-0.4, -0.2) is 17.6 Å². The van der Waals surface area contributed by atoms with Gasteiger partial charge in [-0.1, -0.05) is 30.3 Å². The summed E-state index contributed by atoms with van der Waals surface area (Å²) < 4.78 is 5.27. The van der Waals surface area contributed by atoms with Crippen molar-refractivity contribution in [1.29, 1.82) is 0 Å². The quantitative estimate of drug-likeness (QED) is 0.781. The van der Waals surface area contributed by atoms with Crippen LogP contribution in [0.5, 0.6) is 0 Å². The molecule has 0 spiro atoms. The number of esters is 1. The molecule has 3 heteroatoms. The van der Waals surface area contributed by atoms with Crippen molar-refractivity contribution in [2.24, 2.45) is 0 Å². The summed E-state index contributed by atoms with van der Waals surface area (Å²) in [6.07, 6.45) is 0.621. The minimum Gasteiger partial charge on any atom is -0.456 e. The number of ether oxygens (including phenoxy) is 1. The van der Waals surface area contributed by atoms with Gasteiger partial charge in [0.2, 0.25) is 0 Å². The van der Waals surface area contributed by atoms with Gasteiger partial charge in [0.25, 0.3) is 0 Å². The second-order valence-electron chi connectivity index (χ2n) is 4.92. The van der Waals surface area contributed by atoms with Crippen LogP contribution in [0.1, 0.15) is 26.3 Å². The summed E-state index contributed by atoms with van der Waals surface area (Å²) in [5, 5.41) is 0. The molecule has 0 saturated carbocycles. The second kappa shape index (κ2) is 5.12. The third kappa shape index (κ3) is 4.45. The largest absolute Gasteiger partial charge is 0.456 e. The molecule has 0 fully saturated rings. The van der Waals surface area contributed by atoms with Crippen molar-refractivity contribution in [3.8, 4) is 0 Å². The number of rotatable bonds is 3. The van der Waals surface area contributed by atoms with E-state index < -0.39 is 5.60 Å². The van der Waals surface area contributed by atoms with Gasteiger partial charge >= 0.3 is 5.97 Å². The Morgan fingerprint density at radius 2 is 1.88 bits per heavy atom.